The first-order valence-electron chi connectivity index (χ1n) is 9.80. The molecule has 3 N–H and O–H groups in total. The van der Waals surface area contributed by atoms with Crippen LogP contribution in [0, 0.1) is 0 Å². The molecule has 3 aromatic carbocycles. The molecule has 0 fully saturated rings. The number of hydrogen-bond donors (Lipinski definition) is 2. The van der Waals surface area contributed by atoms with E-state index in [9.17, 15) is 13.2 Å². The van der Waals surface area contributed by atoms with Crippen LogP contribution in [-0.4, -0.2) is 36.9 Å². The molecule has 0 amide bonds. The van der Waals surface area contributed by atoms with E-state index in [0.29, 0.717) is 11.9 Å². The molecule has 33 heavy (non-hydrogen) atoms. The number of carboxylic acids is 1. The minimum atomic E-state index is -5.08. The average Bonchev–Trinajstić information content (AvgIpc) is 3.11. The number of rotatable bonds is 2. The van der Waals surface area contributed by atoms with Crippen molar-refractivity contribution in [3.8, 4) is 5.75 Å². The van der Waals surface area contributed by atoms with Crippen LogP contribution in [0.1, 0.15) is 18.4 Å². The summed E-state index contributed by atoms with van der Waals surface area (Å²) in [7, 11) is 1.65. The number of methoxy groups -OCH3 is 1. The number of aliphatic imine (C=N–C) groups is 1. The van der Waals surface area contributed by atoms with E-state index in [4.69, 9.17) is 20.4 Å². The second kappa shape index (κ2) is 9.70. The summed E-state index contributed by atoms with van der Waals surface area (Å²) in [5.41, 5.74) is 9.65. The van der Waals surface area contributed by atoms with Crippen LogP contribution >= 0.6 is 15.9 Å². The molecule has 0 saturated heterocycles. The molecule has 1 unspecified atom stereocenters. The van der Waals surface area contributed by atoms with E-state index >= 15 is 0 Å². The fourth-order valence-electron chi connectivity index (χ4n) is 3.61. The number of alkyl halides is 3. The minimum Gasteiger partial charge on any atom is -0.497 e. The van der Waals surface area contributed by atoms with E-state index in [1.807, 2.05) is 24.3 Å². The Kier molecular flexibility index (Phi) is 7.16. The summed E-state index contributed by atoms with van der Waals surface area (Å²) >= 11 is 3.65. The fraction of sp³-hybridized carbons (Fsp3) is 0.217. The smallest absolute Gasteiger partial charge is 0.490 e. The zero-order valence-electron chi connectivity index (χ0n) is 17.7. The molecule has 1 aliphatic heterocycles. The first-order valence-corrected chi connectivity index (χ1v) is 10.6. The molecule has 0 spiro atoms. The van der Waals surface area contributed by atoms with Crippen LogP contribution in [-0.2, 0) is 4.79 Å². The Bertz CT molecular complexity index is 1200. The predicted octanol–water partition coefficient (Wildman–Crippen LogP) is 5.81. The maximum absolute atomic E-state index is 10.6. The van der Waals surface area contributed by atoms with Crippen LogP contribution < -0.4 is 15.4 Å². The van der Waals surface area contributed by atoms with Crippen LogP contribution in [0.3, 0.4) is 0 Å². The number of nitrogens with zero attached hydrogens (tertiary/aromatic N) is 2. The molecular formula is C23H21BrF3N3O3. The molecule has 4 rings (SSSR count). The van der Waals surface area contributed by atoms with Gasteiger partial charge in [0.25, 0.3) is 0 Å². The number of ether oxygens (including phenoxy) is 1. The third kappa shape index (κ3) is 5.39. The van der Waals surface area contributed by atoms with Crippen LogP contribution in [0.25, 0.3) is 10.8 Å². The van der Waals surface area contributed by atoms with E-state index < -0.39 is 12.1 Å². The highest BCUT2D eigenvalue weighted by atomic mass is 79.9. The summed E-state index contributed by atoms with van der Waals surface area (Å²) in [5, 5.41) is 9.62. The quantitative estimate of drug-likeness (QED) is 0.326. The highest BCUT2D eigenvalue weighted by Crippen LogP contribution is 2.42. The van der Waals surface area contributed by atoms with Gasteiger partial charge in [-0.1, -0.05) is 41.1 Å². The first-order chi connectivity index (χ1) is 15.5. The van der Waals surface area contributed by atoms with Gasteiger partial charge in [-0.2, -0.15) is 13.2 Å². The van der Waals surface area contributed by atoms with Gasteiger partial charge in [0.15, 0.2) is 0 Å². The lowest BCUT2D eigenvalue weighted by Crippen LogP contribution is -2.36. The number of carboxylic acid groups (broad SMARTS) is 1. The van der Waals surface area contributed by atoms with Gasteiger partial charge in [0.05, 0.1) is 12.8 Å². The van der Waals surface area contributed by atoms with Crippen LogP contribution in [0.4, 0.5) is 24.5 Å². The number of carbonyl (C=O) groups is 1. The molecule has 10 heteroatoms. The van der Waals surface area contributed by atoms with Gasteiger partial charge in [-0.05, 0) is 52.7 Å². The summed E-state index contributed by atoms with van der Waals surface area (Å²) in [6, 6.07) is 18.2. The topological polar surface area (TPSA) is 88.2 Å². The Morgan fingerprint density at radius 2 is 1.79 bits per heavy atom. The summed E-state index contributed by atoms with van der Waals surface area (Å²) in [5.74, 6) is -1.06. The van der Waals surface area contributed by atoms with Gasteiger partial charge in [-0.15, -0.1) is 0 Å². The lowest BCUT2D eigenvalue weighted by Gasteiger charge is -2.19. The zero-order valence-corrected chi connectivity index (χ0v) is 19.3. The SMILES string of the molecule is COc1ccc(N=C(N)N2CC(C)c3c2ccc2c(Br)cccc32)cc1.O=C(O)C(F)(F)F. The molecule has 0 aliphatic carbocycles. The Morgan fingerprint density at radius 3 is 2.36 bits per heavy atom. The zero-order chi connectivity index (χ0) is 24.3. The number of halogens is 4. The molecule has 0 saturated carbocycles. The molecule has 1 heterocycles. The molecule has 1 aliphatic rings. The van der Waals surface area contributed by atoms with Crippen LogP contribution in [0.2, 0.25) is 0 Å². The van der Waals surface area contributed by atoms with Crippen LogP contribution in [0.5, 0.6) is 5.75 Å². The second-order valence-electron chi connectivity index (χ2n) is 7.32. The van der Waals surface area contributed by atoms with Crippen molar-refractivity contribution >= 4 is 50.0 Å². The van der Waals surface area contributed by atoms with Gasteiger partial charge in [0.2, 0.25) is 5.96 Å². The summed E-state index contributed by atoms with van der Waals surface area (Å²) < 4.78 is 38.0. The number of fused-ring (bicyclic) bond motifs is 3. The number of benzene rings is 3. The van der Waals surface area contributed by atoms with Crippen molar-refractivity contribution in [1.29, 1.82) is 0 Å². The third-order valence-electron chi connectivity index (χ3n) is 5.10. The number of nitrogens with two attached hydrogens (primary N) is 1. The van der Waals surface area contributed by atoms with Crippen molar-refractivity contribution in [1.82, 2.24) is 0 Å². The monoisotopic (exact) mass is 523 g/mol. The number of guanidine groups is 1. The summed E-state index contributed by atoms with van der Waals surface area (Å²) in [6.45, 7) is 3.06. The Balaban J connectivity index is 0.000000383. The number of hydrogen-bond acceptors (Lipinski definition) is 3. The normalized spacial score (nSPS) is 15.6. The van der Waals surface area contributed by atoms with Gasteiger partial charge >= 0.3 is 12.1 Å². The van der Waals surface area contributed by atoms with Gasteiger partial charge < -0.3 is 20.5 Å². The molecule has 6 nitrogen and oxygen atoms in total. The van der Waals surface area contributed by atoms with Gasteiger partial charge in [-0.25, -0.2) is 9.79 Å². The standard InChI is InChI=1S/C21H20BrN3O.C2HF3O2/c1-13-12-25(21(23)24-14-6-8-15(26-2)9-7-14)19-11-10-16-17(20(13)19)4-3-5-18(16)22;3-2(4,5)1(6)7/h3-11,13H,12H2,1-2H3,(H2,23,24);(H,6,7). The number of aliphatic carboxylic acids is 1. The lowest BCUT2D eigenvalue weighted by molar-refractivity contribution is -0.192. The Hall–Kier alpha value is -3.27. The second-order valence-corrected chi connectivity index (χ2v) is 8.17. The third-order valence-corrected chi connectivity index (χ3v) is 5.79. The van der Waals surface area contributed by atoms with Crippen LogP contribution in [0.15, 0.2) is 64.1 Å². The molecule has 1 atom stereocenters. The Morgan fingerprint density at radius 1 is 1.15 bits per heavy atom. The van der Waals surface area contributed by atoms with Crippen molar-refractivity contribution in [2.45, 2.75) is 19.0 Å². The van der Waals surface area contributed by atoms with E-state index in [1.165, 1.54) is 16.3 Å². The van der Waals surface area contributed by atoms with E-state index in [2.05, 4.69) is 63.1 Å². The van der Waals surface area contributed by atoms with Crippen molar-refractivity contribution in [2.24, 2.45) is 10.7 Å². The maximum Gasteiger partial charge on any atom is 0.490 e. The predicted molar refractivity (Wildman–Crippen MR) is 125 cm³/mol. The van der Waals surface area contributed by atoms with E-state index in [0.717, 1.165) is 28.1 Å². The number of anilines is 1. The van der Waals surface area contributed by atoms with Crippen molar-refractivity contribution in [3.05, 3.63) is 64.6 Å². The summed E-state index contributed by atoms with van der Waals surface area (Å²) in [4.78, 5) is 15.6. The average molecular weight is 524 g/mol. The maximum atomic E-state index is 10.6. The molecule has 0 radical (unpaired) electrons. The Labute approximate surface area is 196 Å². The molecular weight excluding hydrogens is 503 g/mol. The highest BCUT2D eigenvalue weighted by molar-refractivity contribution is 9.10. The fourth-order valence-corrected chi connectivity index (χ4v) is 4.11. The van der Waals surface area contributed by atoms with Crippen molar-refractivity contribution < 1.29 is 27.8 Å². The van der Waals surface area contributed by atoms with E-state index in [-0.39, 0.29) is 0 Å². The van der Waals surface area contributed by atoms with Gasteiger partial charge in [0, 0.05) is 22.6 Å². The molecule has 3 aromatic rings. The molecule has 174 valence electrons. The van der Waals surface area contributed by atoms with Crippen molar-refractivity contribution in [2.75, 3.05) is 18.6 Å². The van der Waals surface area contributed by atoms with E-state index in [1.54, 1.807) is 7.11 Å². The lowest BCUT2D eigenvalue weighted by atomic mass is 9.96. The summed E-state index contributed by atoms with van der Waals surface area (Å²) in [6.07, 6.45) is -5.08. The van der Waals surface area contributed by atoms with Crippen molar-refractivity contribution in [3.63, 3.8) is 0 Å². The van der Waals surface area contributed by atoms with Gasteiger partial charge in [-0.3, -0.25) is 0 Å². The minimum absolute atomic E-state index is 0.382. The first kappa shape index (κ1) is 24.4. The largest absolute Gasteiger partial charge is 0.497 e. The van der Waals surface area contributed by atoms with Gasteiger partial charge in [0.1, 0.15) is 5.75 Å². The highest BCUT2D eigenvalue weighted by Gasteiger charge is 2.38. The molecule has 0 aromatic heterocycles. The molecule has 0 bridgehead atoms.